The Morgan fingerprint density at radius 1 is 0.912 bits per heavy atom. The summed E-state index contributed by atoms with van der Waals surface area (Å²) in [6, 6.07) is 19.8. The lowest BCUT2D eigenvalue weighted by Crippen LogP contribution is -2.46. The van der Waals surface area contributed by atoms with Crippen LogP contribution >= 0.6 is 0 Å². The Kier molecular flexibility index (Phi) is 6.60. The first-order valence-electron chi connectivity index (χ1n) is 11.0. The van der Waals surface area contributed by atoms with Crippen LogP contribution in [0.5, 0.6) is 5.75 Å². The smallest absolute Gasteiger partial charge is 0.293 e. The lowest BCUT2D eigenvalue weighted by molar-refractivity contribution is -0.384. The van der Waals surface area contributed by atoms with Crippen LogP contribution in [0, 0.1) is 10.1 Å². The van der Waals surface area contributed by atoms with Crippen molar-refractivity contribution in [3.63, 3.8) is 0 Å². The SMILES string of the molecule is CCN(c1ccccc1)S(=O)(=O)c1ccc(N2CCN(c3ccccc3O)CC2)c([N+](=O)[O-])c1. The molecule has 3 aromatic carbocycles. The summed E-state index contributed by atoms with van der Waals surface area (Å²) in [7, 11) is -3.98. The number of anilines is 3. The topological polar surface area (TPSA) is 107 Å². The van der Waals surface area contributed by atoms with Gasteiger partial charge in [0.25, 0.3) is 15.7 Å². The van der Waals surface area contributed by atoms with Crippen molar-refractivity contribution >= 4 is 32.8 Å². The molecule has 0 aromatic heterocycles. The molecular formula is C24H26N4O5S. The second-order valence-corrected chi connectivity index (χ2v) is 9.74. The zero-order valence-corrected chi connectivity index (χ0v) is 19.6. The Morgan fingerprint density at radius 3 is 2.09 bits per heavy atom. The van der Waals surface area contributed by atoms with E-state index in [1.807, 2.05) is 21.9 Å². The monoisotopic (exact) mass is 482 g/mol. The van der Waals surface area contributed by atoms with Crippen LogP contribution in [-0.4, -0.2) is 51.2 Å². The average molecular weight is 483 g/mol. The van der Waals surface area contributed by atoms with Crippen LogP contribution in [0.15, 0.2) is 77.7 Å². The Bertz CT molecular complexity index is 1280. The molecule has 0 unspecified atom stereocenters. The molecule has 0 radical (unpaired) electrons. The van der Waals surface area contributed by atoms with Crippen molar-refractivity contribution < 1.29 is 18.4 Å². The Labute approximate surface area is 198 Å². The molecule has 0 amide bonds. The molecule has 1 heterocycles. The van der Waals surface area contributed by atoms with Gasteiger partial charge in [-0.25, -0.2) is 8.42 Å². The van der Waals surface area contributed by atoms with Crippen molar-refractivity contribution in [2.45, 2.75) is 11.8 Å². The number of phenolic OH excluding ortho intramolecular Hbond substituents is 1. The minimum absolute atomic E-state index is 0.124. The van der Waals surface area contributed by atoms with E-state index >= 15 is 0 Å². The van der Waals surface area contributed by atoms with E-state index in [0.29, 0.717) is 37.6 Å². The van der Waals surface area contributed by atoms with Gasteiger partial charge in [0, 0.05) is 38.8 Å². The fraction of sp³-hybridized carbons (Fsp3) is 0.250. The summed E-state index contributed by atoms with van der Waals surface area (Å²) in [5.74, 6) is 0.190. The molecule has 9 nitrogen and oxygen atoms in total. The predicted molar refractivity (Wildman–Crippen MR) is 132 cm³/mol. The van der Waals surface area contributed by atoms with Crippen LogP contribution in [0.4, 0.5) is 22.7 Å². The molecule has 0 spiro atoms. The van der Waals surface area contributed by atoms with Crippen molar-refractivity contribution in [1.29, 1.82) is 0 Å². The zero-order chi connectivity index (χ0) is 24.3. The summed E-state index contributed by atoms with van der Waals surface area (Å²) >= 11 is 0. The largest absolute Gasteiger partial charge is 0.506 e. The highest BCUT2D eigenvalue weighted by molar-refractivity contribution is 7.92. The molecule has 10 heteroatoms. The first-order chi connectivity index (χ1) is 16.3. The summed E-state index contributed by atoms with van der Waals surface area (Å²) in [6.45, 7) is 4.02. The highest BCUT2D eigenvalue weighted by Gasteiger charge is 2.30. The molecule has 1 fully saturated rings. The maximum Gasteiger partial charge on any atom is 0.293 e. The lowest BCUT2D eigenvalue weighted by atomic mass is 10.2. The molecule has 3 aromatic rings. The van der Waals surface area contributed by atoms with Gasteiger partial charge in [0.05, 0.1) is 21.2 Å². The number of piperazine rings is 1. The Balaban J connectivity index is 1.60. The number of nitrogens with zero attached hydrogens (tertiary/aromatic N) is 4. The molecule has 1 saturated heterocycles. The van der Waals surface area contributed by atoms with Gasteiger partial charge in [-0.1, -0.05) is 30.3 Å². The summed E-state index contributed by atoms with van der Waals surface area (Å²) < 4.78 is 27.9. The minimum Gasteiger partial charge on any atom is -0.506 e. The summed E-state index contributed by atoms with van der Waals surface area (Å²) in [4.78, 5) is 15.1. The quantitative estimate of drug-likeness (QED) is 0.403. The molecule has 4 rings (SSSR count). The lowest BCUT2D eigenvalue weighted by Gasteiger charge is -2.37. The number of nitro benzene ring substituents is 1. The van der Waals surface area contributed by atoms with E-state index in [2.05, 4.69) is 0 Å². The zero-order valence-electron chi connectivity index (χ0n) is 18.7. The molecule has 0 aliphatic carbocycles. The highest BCUT2D eigenvalue weighted by Crippen LogP contribution is 2.35. The van der Waals surface area contributed by atoms with Crippen molar-refractivity contribution in [2.24, 2.45) is 0 Å². The van der Waals surface area contributed by atoms with Crippen molar-refractivity contribution in [1.82, 2.24) is 0 Å². The van der Waals surface area contributed by atoms with E-state index in [4.69, 9.17) is 0 Å². The minimum atomic E-state index is -3.98. The van der Waals surface area contributed by atoms with Gasteiger partial charge in [-0.15, -0.1) is 0 Å². The number of phenols is 1. The van der Waals surface area contributed by atoms with Crippen LogP contribution in [0.3, 0.4) is 0 Å². The molecular weight excluding hydrogens is 456 g/mol. The van der Waals surface area contributed by atoms with Crippen LogP contribution in [0.1, 0.15) is 6.92 Å². The second kappa shape index (κ2) is 9.60. The third-order valence-electron chi connectivity index (χ3n) is 5.91. The third-order valence-corrected chi connectivity index (χ3v) is 7.80. The number of benzene rings is 3. The Morgan fingerprint density at radius 2 is 1.50 bits per heavy atom. The number of nitro groups is 1. The van der Waals surface area contributed by atoms with Crippen LogP contribution in [0.2, 0.25) is 0 Å². The molecule has 0 saturated carbocycles. The Hall–Kier alpha value is -3.79. The number of hydrogen-bond acceptors (Lipinski definition) is 7. The molecule has 0 bridgehead atoms. The normalized spacial score (nSPS) is 14.1. The first kappa shape index (κ1) is 23.4. The van der Waals surface area contributed by atoms with Crippen molar-refractivity contribution in [2.75, 3.05) is 46.8 Å². The molecule has 1 N–H and O–H groups in total. The van der Waals surface area contributed by atoms with Gasteiger partial charge in [-0.2, -0.15) is 0 Å². The average Bonchev–Trinajstić information content (AvgIpc) is 2.85. The predicted octanol–water partition coefficient (Wildman–Crippen LogP) is 3.84. The summed E-state index contributed by atoms with van der Waals surface area (Å²) in [5, 5.41) is 22.0. The van der Waals surface area contributed by atoms with Gasteiger partial charge in [-0.3, -0.25) is 14.4 Å². The molecule has 34 heavy (non-hydrogen) atoms. The molecule has 178 valence electrons. The van der Waals surface area contributed by atoms with Crippen LogP contribution < -0.4 is 14.1 Å². The van der Waals surface area contributed by atoms with Gasteiger partial charge < -0.3 is 14.9 Å². The summed E-state index contributed by atoms with van der Waals surface area (Å²) in [5.41, 5.74) is 1.35. The van der Waals surface area contributed by atoms with Gasteiger partial charge in [0.2, 0.25) is 0 Å². The van der Waals surface area contributed by atoms with Gasteiger partial charge in [0.1, 0.15) is 11.4 Å². The van der Waals surface area contributed by atoms with Gasteiger partial charge in [-0.05, 0) is 43.3 Å². The van der Waals surface area contributed by atoms with Gasteiger partial charge in [0.15, 0.2) is 0 Å². The highest BCUT2D eigenvalue weighted by atomic mass is 32.2. The molecule has 1 aliphatic rings. The van der Waals surface area contributed by atoms with E-state index in [-0.39, 0.29) is 22.9 Å². The fourth-order valence-electron chi connectivity index (χ4n) is 4.21. The van der Waals surface area contributed by atoms with Crippen LogP contribution in [0.25, 0.3) is 0 Å². The standard InChI is InChI=1S/C24H26N4O5S/c1-2-27(19-8-4-3-5-9-19)34(32,33)20-12-13-21(23(18-20)28(30)31)25-14-16-26(17-15-25)22-10-6-7-11-24(22)29/h3-13,18,29H,2,14-17H2,1H3. The van der Waals surface area contributed by atoms with E-state index in [1.54, 1.807) is 49.4 Å². The number of aromatic hydroxyl groups is 1. The van der Waals surface area contributed by atoms with Crippen LogP contribution in [-0.2, 0) is 10.0 Å². The number of hydrogen-bond donors (Lipinski definition) is 1. The number of sulfonamides is 1. The van der Waals surface area contributed by atoms with E-state index < -0.39 is 14.9 Å². The van der Waals surface area contributed by atoms with Gasteiger partial charge >= 0.3 is 0 Å². The van der Waals surface area contributed by atoms with E-state index in [1.165, 1.54) is 16.4 Å². The third kappa shape index (κ3) is 4.49. The fourth-order valence-corrected chi connectivity index (χ4v) is 5.70. The van der Waals surface area contributed by atoms with E-state index in [9.17, 15) is 23.6 Å². The molecule has 0 atom stereocenters. The number of rotatable bonds is 7. The van der Waals surface area contributed by atoms with Crippen molar-refractivity contribution in [3.05, 3.63) is 82.9 Å². The maximum atomic E-state index is 13.3. The first-order valence-corrected chi connectivity index (χ1v) is 12.4. The van der Waals surface area contributed by atoms with Crippen molar-refractivity contribution in [3.8, 4) is 5.75 Å². The maximum absolute atomic E-state index is 13.3. The number of para-hydroxylation sites is 3. The van der Waals surface area contributed by atoms with E-state index in [0.717, 1.165) is 11.8 Å². The second-order valence-electron chi connectivity index (χ2n) is 7.88. The molecule has 1 aliphatic heterocycles. The summed E-state index contributed by atoms with van der Waals surface area (Å²) in [6.07, 6.45) is 0.